The molecule has 5 heteroatoms. The summed E-state index contributed by atoms with van der Waals surface area (Å²) in [6.07, 6.45) is 0. The number of rotatable bonds is 3. The van der Waals surface area contributed by atoms with Crippen LogP contribution in [0.25, 0.3) is 10.9 Å². The van der Waals surface area contributed by atoms with Gasteiger partial charge in [0.05, 0.1) is 10.7 Å². The van der Waals surface area contributed by atoms with Gasteiger partial charge in [-0.1, -0.05) is 29.8 Å². The average Bonchev–Trinajstić information content (AvgIpc) is 2.81. The number of thioether (sulfide) groups is 1. The van der Waals surface area contributed by atoms with Gasteiger partial charge in [-0.05, 0) is 24.3 Å². The molecule has 0 aliphatic carbocycles. The Morgan fingerprint density at radius 1 is 1.11 bits per heavy atom. The Bertz CT molecular complexity index is 630. The summed E-state index contributed by atoms with van der Waals surface area (Å²) in [6, 6.07) is 14.0. The van der Waals surface area contributed by atoms with Gasteiger partial charge in [0.2, 0.25) is 0 Å². The summed E-state index contributed by atoms with van der Waals surface area (Å²) in [5.41, 5.74) is 2.07. The van der Waals surface area contributed by atoms with E-state index in [1.54, 1.807) is 17.8 Å². The summed E-state index contributed by atoms with van der Waals surface area (Å²) < 4.78 is 0. The molecule has 0 radical (unpaired) electrons. The molecule has 90 valence electrons. The number of para-hydroxylation sites is 1. The molecule has 0 aliphatic rings. The molecule has 18 heavy (non-hydrogen) atoms. The molecule has 3 nitrogen and oxygen atoms in total. The van der Waals surface area contributed by atoms with E-state index in [9.17, 15) is 0 Å². The molecule has 0 saturated carbocycles. The first-order chi connectivity index (χ1) is 8.81. The molecule has 1 N–H and O–H groups in total. The van der Waals surface area contributed by atoms with Crippen LogP contribution in [0.5, 0.6) is 0 Å². The van der Waals surface area contributed by atoms with Crippen LogP contribution in [-0.4, -0.2) is 15.2 Å². The van der Waals surface area contributed by atoms with Crippen LogP contribution < -0.4 is 0 Å². The van der Waals surface area contributed by atoms with Crippen LogP contribution in [0, 0.1) is 0 Å². The maximum Gasteiger partial charge on any atom is 0.151 e. The van der Waals surface area contributed by atoms with E-state index in [4.69, 9.17) is 11.6 Å². The van der Waals surface area contributed by atoms with Gasteiger partial charge in [-0.2, -0.15) is 5.10 Å². The lowest BCUT2D eigenvalue weighted by Gasteiger charge is -1.97. The van der Waals surface area contributed by atoms with Crippen molar-refractivity contribution in [2.24, 2.45) is 0 Å². The molecule has 0 fully saturated rings. The predicted octanol–water partition coefficient (Wildman–Crippen LogP) is 3.90. The molecular formula is C13H10ClN3S. The molecule has 0 atom stereocenters. The molecule has 0 bridgehead atoms. The first kappa shape index (κ1) is 11.6. The van der Waals surface area contributed by atoms with Crippen LogP contribution in [0.15, 0.2) is 47.5 Å². The van der Waals surface area contributed by atoms with Gasteiger partial charge in [0, 0.05) is 16.7 Å². The molecule has 3 aromatic rings. The lowest BCUT2D eigenvalue weighted by molar-refractivity contribution is 0.971. The number of nitrogens with one attached hydrogen (secondary N) is 1. The van der Waals surface area contributed by atoms with Crippen molar-refractivity contribution in [1.82, 2.24) is 15.2 Å². The molecule has 0 amide bonds. The van der Waals surface area contributed by atoms with Crippen molar-refractivity contribution in [3.05, 3.63) is 53.3 Å². The number of hydrogen-bond acceptors (Lipinski definition) is 3. The second-order valence-electron chi connectivity index (χ2n) is 3.86. The van der Waals surface area contributed by atoms with E-state index in [2.05, 4.69) is 33.4 Å². The van der Waals surface area contributed by atoms with Crippen molar-refractivity contribution in [2.75, 3.05) is 0 Å². The van der Waals surface area contributed by atoms with E-state index in [0.717, 1.165) is 22.0 Å². The van der Waals surface area contributed by atoms with Crippen LogP contribution in [0.3, 0.4) is 0 Å². The summed E-state index contributed by atoms with van der Waals surface area (Å²) in [5.74, 6) is 0.775. The molecule has 0 aliphatic heterocycles. The minimum Gasteiger partial charge on any atom is -0.350 e. The lowest BCUT2D eigenvalue weighted by Crippen LogP contribution is -1.89. The zero-order valence-electron chi connectivity index (χ0n) is 9.43. The number of H-pyrrole nitrogens is 1. The fraction of sp³-hybridized carbons (Fsp3) is 0.0769. The highest BCUT2D eigenvalue weighted by Crippen LogP contribution is 2.25. The first-order valence-corrected chi connectivity index (χ1v) is 6.86. The minimum absolute atomic E-state index is 0.425. The largest absolute Gasteiger partial charge is 0.350 e. The Morgan fingerprint density at radius 3 is 2.78 bits per heavy atom. The Labute approximate surface area is 114 Å². The van der Waals surface area contributed by atoms with E-state index < -0.39 is 0 Å². The SMILES string of the molecule is Clc1ccc(CSc2cc3ccccc3[nH]2)nn1. The molecule has 2 aromatic heterocycles. The number of halogens is 1. The van der Waals surface area contributed by atoms with Crippen LogP contribution in [-0.2, 0) is 5.75 Å². The maximum atomic E-state index is 5.70. The highest BCUT2D eigenvalue weighted by atomic mass is 35.5. The highest BCUT2D eigenvalue weighted by molar-refractivity contribution is 7.98. The molecule has 3 rings (SSSR count). The maximum absolute atomic E-state index is 5.70. The number of aromatic amines is 1. The van der Waals surface area contributed by atoms with E-state index in [1.165, 1.54) is 5.39 Å². The van der Waals surface area contributed by atoms with Crippen LogP contribution in [0.2, 0.25) is 5.15 Å². The van der Waals surface area contributed by atoms with E-state index in [1.807, 2.05) is 18.2 Å². The number of hydrogen-bond donors (Lipinski definition) is 1. The quantitative estimate of drug-likeness (QED) is 0.737. The van der Waals surface area contributed by atoms with Gasteiger partial charge in [-0.3, -0.25) is 0 Å². The van der Waals surface area contributed by atoms with Crippen molar-refractivity contribution in [1.29, 1.82) is 0 Å². The number of benzene rings is 1. The van der Waals surface area contributed by atoms with Gasteiger partial charge >= 0.3 is 0 Å². The van der Waals surface area contributed by atoms with Gasteiger partial charge < -0.3 is 4.98 Å². The van der Waals surface area contributed by atoms with Crippen molar-refractivity contribution < 1.29 is 0 Å². The third-order valence-corrected chi connectivity index (χ3v) is 3.74. The third kappa shape index (κ3) is 2.49. The number of aromatic nitrogens is 3. The van der Waals surface area contributed by atoms with Gasteiger partial charge in [0.15, 0.2) is 5.15 Å². The zero-order valence-corrected chi connectivity index (χ0v) is 11.0. The van der Waals surface area contributed by atoms with E-state index in [-0.39, 0.29) is 0 Å². The van der Waals surface area contributed by atoms with Crippen LogP contribution >= 0.6 is 23.4 Å². The van der Waals surface area contributed by atoms with Crippen LogP contribution in [0.1, 0.15) is 5.69 Å². The van der Waals surface area contributed by atoms with Gasteiger partial charge in [0.25, 0.3) is 0 Å². The summed E-state index contributed by atoms with van der Waals surface area (Å²) >= 11 is 7.40. The van der Waals surface area contributed by atoms with E-state index >= 15 is 0 Å². The summed E-state index contributed by atoms with van der Waals surface area (Å²) in [6.45, 7) is 0. The second kappa shape index (κ2) is 5.00. The fourth-order valence-electron chi connectivity index (χ4n) is 1.70. The Kier molecular flexibility index (Phi) is 3.21. The second-order valence-corrected chi connectivity index (χ2v) is 5.26. The fourth-order valence-corrected chi connectivity index (χ4v) is 2.65. The lowest BCUT2D eigenvalue weighted by atomic mass is 10.3. The minimum atomic E-state index is 0.425. The molecule has 0 spiro atoms. The number of nitrogens with zero attached hydrogens (tertiary/aromatic N) is 2. The smallest absolute Gasteiger partial charge is 0.151 e. The van der Waals surface area contributed by atoms with Crippen molar-refractivity contribution in [3.63, 3.8) is 0 Å². The first-order valence-electron chi connectivity index (χ1n) is 5.50. The number of fused-ring (bicyclic) bond motifs is 1. The Hall–Kier alpha value is -1.52. The van der Waals surface area contributed by atoms with Gasteiger partial charge in [0.1, 0.15) is 0 Å². The summed E-state index contributed by atoms with van der Waals surface area (Å²) in [4.78, 5) is 3.37. The standard InChI is InChI=1S/C13H10ClN3S/c14-12-6-5-10(16-17-12)8-18-13-7-9-3-1-2-4-11(9)15-13/h1-7,15H,8H2. The molecule has 1 aromatic carbocycles. The highest BCUT2D eigenvalue weighted by Gasteiger charge is 2.02. The molecule has 0 unspecified atom stereocenters. The average molecular weight is 276 g/mol. The van der Waals surface area contributed by atoms with Crippen molar-refractivity contribution in [2.45, 2.75) is 10.8 Å². The Morgan fingerprint density at radius 2 is 2.00 bits per heavy atom. The van der Waals surface area contributed by atoms with Gasteiger partial charge in [-0.15, -0.1) is 16.9 Å². The van der Waals surface area contributed by atoms with Crippen molar-refractivity contribution in [3.8, 4) is 0 Å². The molecule has 2 heterocycles. The third-order valence-electron chi connectivity index (χ3n) is 2.57. The summed E-state index contributed by atoms with van der Waals surface area (Å²) in [7, 11) is 0. The summed E-state index contributed by atoms with van der Waals surface area (Å²) in [5, 5.41) is 10.6. The van der Waals surface area contributed by atoms with Crippen molar-refractivity contribution >= 4 is 34.3 Å². The van der Waals surface area contributed by atoms with Crippen LogP contribution in [0.4, 0.5) is 0 Å². The molecular weight excluding hydrogens is 266 g/mol. The predicted molar refractivity (Wildman–Crippen MR) is 74.9 cm³/mol. The normalized spacial score (nSPS) is 10.9. The Balaban J connectivity index is 1.74. The van der Waals surface area contributed by atoms with Gasteiger partial charge in [-0.25, -0.2) is 0 Å². The van der Waals surface area contributed by atoms with E-state index in [0.29, 0.717) is 5.15 Å². The topological polar surface area (TPSA) is 41.6 Å². The monoisotopic (exact) mass is 275 g/mol. The molecule has 0 saturated heterocycles. The zero-order chi connectivity index (χ0) is 12.4.